The molecule has 0 N–H and O–H groups in total. The van der Waals surface area contributed by atoms with Crippen LogP contribution in [-0.2, 0) is 19.1 Å². The van der Waals surface area contributed by atoms with Gasteiger partial charge in [0.05, 0.1) is 25.0 Å². The number of fused-ring (bicyclic) bond motifs is 2. The van der Waals surface area contributed by atoms with E-state index in [1.807, 2.05) is 0 Å². The second kappa shape index (κ2) is 4.88. The summed E-state index contributed by atoms with van der Waals surface area (Å²) in [7, 11) is 2.99. The van der Waals surface area contributed by atoms with E-state index in [0.717, 1.165) is 25.7 Å². The monoisotopic (exact) mass is 424 g/mol. The summed E-state index contributed by atoms with van der Waals surface area (Å²) >= 11 is 13.7. The Hall–Kier alpha value is -0.480. The first-order valence-electron chi connectivity index (χ1n) is 10.9. The Labute approximate surface area is 175 Å². The number of hydrogen-bond acceptors (Lipinski definition) is 4. The van der Waals surface area contributed by atoms with Gasteiger partial charge in [-0.1, -0.05) is 0 Å². The van der Waals surface area contributed by atoms with E-state index in [1.165, 1.54) is 14.2 Å². The standard InChI is InChI=1S/C22H26Cl2O4/c1-27-19(25)21-15-7-3-5-10(24)12(7)18-13(15)14-16(22(18,21)20(26)28-2)8-4-6-9(23)11(8)17(14)21/h7-18H,3-6H2,1-2H3/t7-,8+,9-,10-,11+,12+,13-,14+,15-,16+,17+,18-,21+,22-/m0/s1. The van der Waals surface area contributed by atoms with Gasteiger partial charge in [-0.05, 0) is 84.9 Å². The first-order chi connectivity index (χ1) is 13.5. The average Bonchev–Trinajstić information content (AvgIpc) is 3.49. The van der Waals surface area contributed by atoms with Crippen molar-refractivity contribution in [3.05, 3.63) is 0 Å². The Morgan fingerprint density at radius 3 is 1.43 bits per heavy atom. The second-order valence-electron chi connectivity index (χ2n) is 10.6. The Morgan fingerprint density at radius 1 is 0.679 bits per heavy atom. The summed E-state index contributed by atoms with van der Waals surface area (Å²) in [4.78, 5) is 27.4. The zero-order valence-electron chi connectivity index (χ0n) is 16.1. The number of esters is 2. The molecule has 28 heavy (non-hydrogen) atoms. The van der Waals surface area contributed by atoms with E-state index >= 15 is 0 Å². The van der Waals surface area contributed by atoms with Gasteiger partial charge in [0.15, 0.2) is 0 Å². The lowest BCUT2D eigenvalue weighted by atomic mass is 9.43. The number of halogens is 2. The zero-order valence-corrected chi connectivity index (χ0v) is 17.7. The van der Waals surface area contributed by atoms with Gasteiger partial charge in [-0.3, -0.25) is 9.59 Å². The van der Waals surface area contributed by atoms with E-state index in [2.05, 4.69) is 0 Å². The smallest absolute Gasteiger partial charge is 0.313 e. The molecule has 8 fully saturated rings. The van der Waals surface area contributed by atoms with Crippen molar-refractivity contribution in [2.45, 2.75) is 36.4 Å². The van der Waals surface area contributed by atoms with Gasteiger partial charge in [0.2, 0.25) is 0 Å². The van der Waals surface area contributed by atoms with Crippen LogP contribution in [0.4, 0.5) is 0 Å². The molecule has 0 aromatic heterocycles. The van der Waals surface area contributed by atoms with Gasteiger partial charge in [-0.25, -0.2) is 0 Å². The van der Waals surface area contributed by atoms with Crippen molar-refractivity contribution in [2.75, 3.05) is 14.2 Å². The van der Waals surface area contributed by atoms with E-state index in [0.29, 0.717) is 35.5 Å². The van der Waals surface area contributed by atoms with Gasteiger partial charge in [0.1, 0.15) is 0 Å². The molecule has 0 aromatic carbocycles. The van der Waals surface area contributed by atoms with E-state index < -0.39 is 10.8 Å². The van der Waals surface area contributed by atoms with Crippen molar-refractivity contribution in [3.8, 4) is 0 Å². The van der Waals surface area contributed by atoms with Crippen LogP contribution >= 0.6 is 23.2 Å². The van der Waals surface area contributed by atoms with E-state index in [4.69, 9.17) is 32.7 Å². The lowest BCUT2D eigenvalue weighted by molar-refractivity contribution is -0.208. The van der Waals surface area contributed by atoms with Crippen LogP contribution in [0.5, 0.6) is 0 Å². The molecular weight excluding hydrogens is 399 g/mol. The maximum Gasteiger partial charge on any atom is 0.313 e. The van der Waals surface area contributed by atoms with Crippen molar-refractivity contribution in [1.29, 1.82) is 0 Å². The Kier molecular flexibility index (Phi) is 3.00. The molecule has 14 atom stereocenters. The van der Waals surface area contributed by atoms with Crippen LogP contribution in [0.2, 0.25) is 0 Å². The molecule has 0 spiro atoms. The highest BCUT2D eigenvalue weighted by Gasteiger charge is 3.01. The topological polar surface area (TPSA) is 52.6 Å². The molecule has 8 saturated carbocycles. The summed E-state index contributed by atoms with van der Waals surface area (Å²) in [5.74, 6) is 3.01. The zero-order chi connectivity index (χ0) is 19.3. The third kappa shape index (κ3) is 1.26. The minimum atomic E-state index is -0.722. The lowest BCUT2D eigenvalue weighted by Gasteiger charge is -2.58. The quantitative estimate of drug-likeness (QED) is 0.503. The number of carbonyl (C=O) groups is 2. The number of hydrogen-bond donors (Lipinski definition) is 0. The van der Waals surface area contributed by atoms with Crippen molar-refractivity contribution in [2.24, 2.45) is 70.0 Å². The minimum absolute atomic E-state index is 0.123. The van der Waals surface area contributed by atoms with Gasteiger partial charge in [0.25, 0.3) is 0 Å². The van der Waals surface area contributed by atoms with Crippen LogP contribution in [-0.4, -0.2) is 36.9 Å². The van der Waals surface area contributed by atoms with Crippen LogP contribution in [0.15, 0.2) is 0 Å². The molecule has 152 valence electrons. The molecule has 0 heterocycles. The van der Waals surface area contributed by atoms with Gasteiger partial charge in [-0.2, -0.15) is 0 Å². The highest BCUT2D eigenvalue weighted by atomic mass is 35.5. The van der Waals surface area contributed by atoms with Crippen LogP contribution in [0.3, 0.4) is 0 Å². The fourth-order valence-corrected chi connectivity index (χ4v) is 12.5. The summed E-state index contributed by atoms with van der Waals surface area (Å²) in [6.45, 7) is 0. The van der Waals surface area contributed by atoms with Gasteiger partial charge >= 0.3 is 11.9 Å². The number of methoxy groups -OCH3 is 2. The predicted octanol–water partition coefficient (Wildman–Crippen LogP) is 3.34. The average molecular weight is 425 g/mol. The molecule has 0 saturated heterocycles. The SMILES string of the molecule is COC(=O)[C@]12[C@H]3[C@@H]4[C@@H]5[C@H]([C@@H]6[C@H](CC[C@@H]6Cl)[C@@H]51)[C@]2(C(=O)OC)[C@@H]4[C@@H]1CC[C@H](Cl)[C@@H]13. The summed E-state index contributed by atoms with van der Waals surface area (Å²) in [5.41, 5.74) is -1.44. The van der Waals surface area contributed by atoms with Crippen molar-refractivity contribution < 1.29 is 19.1 Å². The maximum absolute atomic E-state index is 13.7. The predicted molar refractivity (Wildman–Crippen MR) is 102 cm³/mol. The summed E-state index contributed by atoms with van der Waals surface area (Å²) in [6.07, 6.45) is 4.15. The third-order valence-corrected chi connectivity index (χ3v) is 12.1. The van der Waals surface area contributed by atoms with Gasteiger partial charge in [-0.15, -0.1) is 23.2 Å². The van der Waals surface area contributed by atoms with E-state index in [-0.39, 0.29) is 46.4 Å². The lowest BCUT2D eigenvalue weighted by Crippen LogP contribution is -2.66. The first kappa shape index (κ1) is 17.2. The molecule has 0 amide bonds. The minimum Gasteiger partial charge on any atom is -0.469 e. The van der Waals surface area contributed by atoms with Crippen molar-refractivity contribution >= 4 is 35.1 Å². The Morgan fingerprint density at radius 2 is 1.07 bits per heavy atom. The molecule has 8 rings (SSSR count). The second-order valence-corrected chi connectivity index (χ2v) is 11.8. The Balaban J connectivity index is 1.53. The summed E-state index contributed by atoms with van der Waals surface area (Å²) < 4.78 is 11.0. The fourth-order valence-electron chi connectivity index (χ4n) is 11.6. The van der Waals surface area contributed by atoms with Crippen LogP contribution in [0.25, 0.3) is 0 Å². The first-order valence-corrected chi connectivity index (χ1v) is 11.8. The highest BCUT2D eigenvalue weighted by molar-refractivity contribution is 6.21. The molecule has 6 heteroatoms. The van der Waals surface area contributed by atoms with Crippen molar-refractivity contribution in [1.82, 2.24) is 0 Å². The highest BCUT2D eigenvalue weighted by Crippen LogP contribution is 2.97. The third-order valence-electron chi connectivity index (χ3n) is 11.1. The summed E-state index contributed by atoms with van der Waals surface area (Å²) in [6, 6.07) is 0. The maximum atomic E-state index is 13.7. The van der Waals surface area contributed by atoms with E-state index in [9.17, 15) is 9.59 Å². The molecule has 8 aliphatic carbocycles. The molecule has 0 radical (unpaired) electrons. The fraction of sp³-hybridized carbons (Fsp3) is 0.909. The molecule has 4 nitrogen and oxygen atoms in total. The van der Waals surface area contributed by atoms with Gasteiger partial charge in [0, 0.05) is 10.8 Å². The largest absolute Gasteiger partial charge is 0.469 e. The summed E-state index contributed by atoms with van der Waals surface area (Å²) in [5, 5.41) is 0.246. The van der Waals surface area contributed by atoms with Crippen molar-refractivity contribution in [3.63, 3.8) is 0 Å². The van der Waals surface area contributed by atoms with Crippen LogP contribution < -0.4 is 0 Å². The molecule has 8 bridgehead atoms. The molecule has 0 aromatic rings. The van der Waals surface area contributed by atoms with E-state index in [1.54, 1.807) is 0 Å². The Bertz CT molecular complexity index is 750. The molecule has 8 aliphatic rings. The molecule has 0 aliphatic heterocycles. The number of rotatable bonds is 2. The molecule has 0 unspecified atom stereocenters. The van der Waals surface area contributed by atoms with Gasteiger partial charge < -0.3 is 9.47 Å². The number of alkyl halides is 2. The normalized spacial score (nSPS) is 65.9. The molecular formula is C22H26Cl2O4. The van der Waals surface area contributed by atoms with Crippen LogP contribution in [0, 0.1) is 70.0 Å². The number of carbonyl (C=O) groups excluding carboxylic acids is 2. The number of ether oxygens (including phenoxy) is 2. The van der Waals surface area contributed by atoms with Crippen LogP contribution in [0.1, 0.15) is 25.7 Å².